The number of fused-ring (bicyclic) bond motifs is 1. The minimum Gasteiger partial charge on any atom is -0.467 e. The molecule has 19 heavy (non-hydrogen) atoms. The van der Waals surface area contributed by atoms with Crippen LogP contribution >= 0.6 is 11.8 Å². The third-order valence-electron chi connectivity index (χ3n) is 3.84. The summed E-state index contributed by atoms with van der Waals surface area (Å²) in [5.41, 5.74) is 1.04. The predicted molar refractivity (Wildman–Crippen MR) is 80.7 cm³/mol. The number of aliphatic imine (C=N–C) groups is 1. The smallest absolute Gasteiger partial charge is 0.181 e. The zero-order valence-electron chi connectivity index (χ0n) is 11.6. The molecule has 0 N–H and O–H groups in total. The first-order valence-electron chi connectivity index (χ1n) is 6.76. The zero-order chi connectivity index (χ0) is 13.5. The SMILES string of the molecule is CC1=N[C@H]2CCC=C(Sc3ccc(C)cc3)[C@@]2(C)O1. The van der Waals surface area contributed by atoms with Gasteiger partial charge in [-0.2, -0.15) is 0 Å². The van der Waals surface area contributed by atoms with Gasteiger partial charge in [0.1, 0.15) is 0 Å². The number of hydrogen-bond acceptors (Lipinski definition) is 3. The van der Waals surface area contributed by atoms with Crippen molar-refractivity contribution in [3.05, 3.63) is 40.8 Å². The highest BCUT2D eigenvalue weighted by Crippen LogP contribution is 2.46. The van der Waals surface area contributed by atoms with Crippen molar-refractivity contribution in [2.75, 3.05) is 0 Å². The molecule has 0 spiro atoms. The predicted octanol–water partition coefficient (Wildman–Crippen LogP) is 4.34. The molecular weight excluding hydrogens is 254 g/mol. The fourth-order valence-corrected chi connectivity index (χ4v) is 3.86. The Kier molecular flexibility index (Phi) is 3.17. The number of thioether (sulfide) groups is 1. The Hall–Kier alpha value is -1.22. The standard InChI is InChI=1S/C16H19NOS/c1-11-7-9-13(10-8-11)19-15-6-4-5-14-16(15,3)18-12(2)17-14/h6-10,14H,4-5H2,1-3H3/t14-,16-/m0/s1. The topological polar surface area (TPSA) is 21.6 Å². The van der Waals surface area contributed by atoms with Crippen LogP contribution in [0.3, 0.4) is 0 Å². The van der Waals surface area contributed by atoms with Gasteiger partial charge in [0.2, 0.25) is 0 Å². The van der Waals surface area contributed by atoms with E-state index >= 15 is 0 Å². The van der Waals surface area contributed by atoms with Crippen LogP contribution in [0.1, 0.15) is 32.3 Å². The first kappa shape index (κ1) is 12.8. The number of hydrogen-bond donors (Lipinski definition) is 0. The number of nitrogens with zero attached hydrogens (tertiary/aromatic N) is 1. The third-order valence-corrected chi connectivity index (χ3v) is 5.14. The van der Waals surface area contributed by atoms with Crippen LogP contribution in [0.4, 0.5) is 0 Å². The molecule has 1 heterocycles. The molecule has 1 aliphatic carbocycles. The van der Waals surface area contributed by atoms with Gasteiger partial charge in [-0.15, -0.1) is 0 Å². The molecule has 0 fully saturated rings. The van der Waals surface area contributed by atoms with Crippen LogP contribution in [-0.2, 0) is 4.74 Å². The van der Waals surface area contributed by atoms with Crippen molar-refractivity contribution in [2.24, 2.45) is 4.99 Å². The molecule has 0 unspecified atom stereocenters. The molecule has 0 radical (unpaired) electrons. The lowest BCUT2D eigenvalue weighted by Crippen LogP contribution is -2.40. The Morgan fingerprint density at radius 1 is 1.26 bits per heavy atom. The van der Waals surface area contributed by atoms with Crippen LogP contribution in [0.15, 0.2) is 45.1 Å². The number of rotatable bonds is 2. The molecule has 2 atom stereocenters. The van der Waals surface area contributed by atoms with Crippen molar-refractivity contribution in [2.45, 2.75) is 50.2 Å². The summed E-state index contributed by atoms with van der Waals surface area (Å²) in [5.74, 6) is 0.824. The summed E-state index contributed by atoms with van der Waals surface area (Å²) in [7, 11) is 0. The molecule has 0 saturated heterocycles. The molecule has 3 rings (SSSR count). The van der Waals surface area contributed by atoms with E-state index in [9.17, 15) is 0 Å². The minimum absolute atomic E-state index is 0.252. The summed E-state index contributed by atoms with van der Waals surface area (Å²) in [6.07, 6.45) is 4.50. The fraction of sp³-hybridized carbons (Fsp3) is 0.438. The fourth-order valence-electron chi connectivity index (χ4n) is 2.75. The van der Waals surface area contributed by atoms with Crippen LogP contribution in [0.2, 0.25) is 0 Å². The van der Waals surface area contributed by atoms with Gasteiger partial charge in [-0.1, -0.05) is 35.5 Å². The van der Waals surface area contributed by atoms with E-state index in [2.05, 4.69) is 49.2 Å². The van der Waals surface area contributed by atoms with E-state index in [0.29, 0.717) is 0 Å². The Morgan fingerprint density at radius 3 is 2.74 bits per heavy atom. The summed E-state index contributed by atoms with van der Waals surface area (Å²) in [6.45, 7) is 6.24. The molecule has 0 saturated carbocycles. The Labute approximate surface area is 119 Å². The normalized spacial score (nSPS) is 29.3. The van der Waals surface area contributed by atoms with E-state index in [4.69, 9.17) is 4.74 Å². The molecule has 2 nitrogen and oxygen atoms in total. The number of ether oxygens (including phenoxy) is 1. The van der Waals surface area contributed by atoms with Crippen molar-refractivity contribution in [3.8, 4) is 0 Å². The minimum atomic E-state index is -0.252. The van der Waals surface area contributed by atoms with Crippen molar-refractivity contribution in [1.29, 1.82) is 0 Å². The zero-order valence-corrected chi connectivity index (χ0v) is 12.5. The summed E-state index contributed by atoms with van der Waals surface area (Å²) in [4.78, 5) is 7.20. The maximum Gasteiger partial charge on any atom is 0.181 e. The first-order valence-corrected chi connectivity index (χ1v) is 7.58. The van der Waals surface area contributed by atoms with E-state index < -0.39 is 0 Å². The average Bonchev–Trinajstić information content (AvgIpc) is 2.68. The highest BCUT2D eigenvalue weighted by atomic mass is 32.2. The van der Waals surface area contributed by atoms with Gasteiger partial charge >= 0.3 is 0 Å². The summed E-state index contributed by atoms with van der Waals surface area (Å²) >= 11 is 1.81. The maximum atomic E-state index is 6.02. The molecule has 0 amide bonds. The van der Waals surface area contributed by atoms with Crippen molar-refractivity contribution < 1.29 is 4.74 Å². The second kappa shape index (κ2) is 4.71. The molecule has 0 bridgehead atoms. The van der Waals surface area contributed by atoms with Gasteiger partial charge in [-0.3, -0.25) is 0 Å². The van der Waals surface area contributed by atoms with Gasteiger partial charge < -0.3 is 4.74 Å². The van der Waals surface area contributed by atoms with Gasteiger partial charge in [-0.05, 0) is 38.8 Å². The molecule has 1 aliphatic heterocycles. The maximum absolute atomic E-state index is 6.02. The number of allylic oxidation sites excluding steroid dienone is 1. The lowest BCUT2D eigenvalue weighted by Gasteiger charge is -2.34. The quantitative estimate of drug-likeness (QED) is 0.799. The van der Waals surface area contributed by atoms with Crippen molar-refractivity contribution in [1.82, 2.24) is 0 Å². The molecule has 1 aromatic rings. The van der Waals surface area contributed by atoms with Crippen LogP contribution in [0.5, 0.6) is 0 Å². The number of benzene rings is 1. The molecule has 1 aromatic carbocycles. The summed E-state index contributed by atoms with van der Waals surface area (Å²) in [6, 6.07) is 8.95. The van der Waals surface area contributed by atoms with Gasteiger partial charge in [0.25, 0.3) is 0 Å². The van der Waals surface area contributed by atoms with E-state index in [0.717, 1.165) is 18.7 Å². The number of aryl methyl sites for hydroxylation is 1. The largest absolute Gasteiger partial charge is 0.467 e. The van der Waals surface area contributed by atoms with Crippen LogP contribution < -0.4 is 0 Å². The molecule has 100 valence electrons. The van der Waals surface area contributed by atoms with E-state index in [1.165, 1.54) is 15.4 Å². The molecule has 0 aromatic heterocycles. The van der Waals surface area contributed by atoms with Gasteiger partial charge in [0.15, 0.2) is 11.5 Å². The lowest BCUT2D eigenvalue weighted by molar-refractivity contribution is 0.115. The van der Waals surface area contributed by atoms with Gasteiger partial charge in [0.05, 0.1) is 6.04 Å². The second-order valence-electron chi connectivity index (χ2n) is 5.43. The highest BCUT2D eigenvalue weighted by Gasteiger charge is 2.46. The van der Waals surface area contributed by atoms with E-state index in [-0.39, 0.29) is 11.6 Å². The van der Waals surface area contributed by atoms with E-state index in [1.54, 1.807) is 0 Å². The third kappa shape index (κ3) is 2.32. The Balaban J connectivity index is 1.84. The Morgan fingerprint density at radius 2 is 2.00 bits per heavy atom. The van der Waals surface area contributed by atoms with Crippen molar-refractivity contribution in [3.63, 3.8) is 0 Å². The van der Waals surface area contributed by atoms with Gasteiger partial charge in [-0.25, -0.2) is 4.99 Å². The highest BCUT2D eigenvalue weighted by molar-refractivity contribution is 8.03. The molecule has 2 aliphatic rings. The monoisotopic (exact) mass is 273 g/mol. The van der Waals surface area contributed by atoms with Crippen molar-refractivity contribution >= 4 is 17.7 Å². The first-order chi connectivity index (χ1) is 9.08. The van der Waals surface area contributed by atoms with Crippen LogP contribution in [0, 0.1) is 6.92 Å². The lowest BCUT2D eigenvalue weighted by atomic mass is 9.88. The Bertz CT molecular complexity index is 546. The average molecular weight is 273 g/mol. The van der Waals surface area contributed by atoms with Crippen LogP contribution in [-0.4, -0.2) is 17.5 Å². The second-order valence-corrected chi connectivity index (χ2v) is 6.55. The summed E-state index contributed by atoms with van der Waals surface area (Å²) in [5, 5.41) is 0. The summed E-state index contributed by atoms with van der Waals surface area (Å²) < 4.78 is 6.02. The molecular formula is C16H19NOS. The van der Waals surface area contributed by atoms with Gasteiger partial charge in [0, 0.05) is 16.7 Å². The van der Waals surface area contributed by atoms with Crippen LogP contribution in [0.25, 0.3) is 0 Å². The van der Waals surface area contributed by atoms with E-state index in [1.807, 2.05) is 18.7 Å². The molecule has 3 heteroatoms.